The molecule has 1 fully saturated rings. The Morgan fingerprint density at radius 2 is 2.20 bits per heavy atom. The number of aromatic nitrogens is 3. The van der Waals surface area contributed by atoms with Crippen molar-refractivity contribution in [2.24, 2.45) is 7.05 Å². The molecule has 0 saturated carbocycles. The summed E-state index contributed by atoms with van der Waals surface area (Å²) in [6, 6.07) is 14.2. The van der Waals surface area contributed by atoms with Gasteiger partial charge < -0.3 is 19.4 Å². The molecule has 1 atom stereocenters. The lowest BCUT2D eigenvalue weighted by Crippen LogP contribution is -2.25. The van der Waals surface area contributed by atoms with Gasteiger partial charge in [-0.1, -0.05) is 17.3 Å². The summed E-state index contributed by atoms with van der Waals surface area (Å²) in [4.78, 5) is 27.2. The van der Waals surface area contributed by atoms with Crippen molar-refractivity contribution in [1.29, 1.82) is 5.26 Å². The maximum Gasteiger partial charge on any atom is 0.439 e. The number of benzene rings is 2. The number of nitrogens with zero attached hydrogens (tertiary/aromatic N) is 3. The van der Waals surface area contributed by atoms with Gasteiger partial charge in [-0.05, 0) is 49.6 Å². The van der Waals surface area contributed by atoms with Crippen LogP contribution in [0.5, 0.6) is 5.75 Å². The van der Waals surface area contributed by atoms with Crippen LogP contribution >= 0.6 is 0 Å². The normalized spacial score (nSPS) is 15.6. The summed E-state index contributed by atoms with van der Waals surface area (Å²) in [5, 5.41) is 16.7. The third kappa shape index (κ3) is 4.54. The number of carbonyl (C=O) groups excluding carboxylic acids is 1. The Kier molecular flexibility index (Phi) is 6.08. The minimum atomic E-state index is -0.737. The monoisotopic (exact) mass is 473 g/mol. The Labute approximate surface area is 200 Å². The number of nitriles is 1. The lowest BCUT2D eigenvalue weighted by molar-refractivity contribution is -0.0108. The molecule has 2 N–H and O–H groups in total. The summed E-state index contributed by atoms with van der Waals surface area (Å²) in [5.74, 6) is -0.320. The molecule has 10 heteroatoms. The molecule has 4 aromatic rings. The van der Waals surface area contributed by atoms with Gasteiger partial charge in [0.1, 0.15) is 18.1 Å². The fourth-order valence-corrected chi connectivity index (χ4v) is 4.29. The Bertz CT molecular complexity index is 1490. The van der Waals surface area contributed by atoms with Gasteiger partial charge in [-0.15, -0.1) is 0 Å². The lowest BCUT2D eigenvalue weighted by Gasteiger charge is -2.23. The molecule has 0 radical (unpaired) electrons. The molecule has 1 amide bonds. The van der Waals surface area contributed by atoms with Crippen LogP contribution in [0, 0.1) is 11.3 Å². The van der Waals surface area contributed by atoms with Crippen LogP contribution in [0.3, 0.4) is 0 Å². The summed E-state index contributed by atoms with van der Waals surface area (Å²) < 4.78 is 18.2. The molecule has 1 aliphatic rings. The molecule has 1 saturated heterocycles. The summed E-state index contributed by atoms with van der Waals surface area (Å²) >= 11 is 0. The van der Waals surface area contributed by atoms with Crippen molar-refractivity contribution >= 4 is 22.5 Å². The van der Waals surface area contributed by atoms with Gasteiger partial charge >= 0.3 is 5.76 Å². The number of para-hydroxylation sites is 1. The Morgan fingerprint density at radius 3 is 2.94 bits per heavy atom. The SMILES string of the molecule is Cn1c(C(=O)Nc2ccc(C#N)cc2-c2noc(=O)[nH]2)cc2cccc(OCC3CCCCO3)c21. The molecule has 0 spiro atoms. The van der Waals surface area contributed by atoms with E-state index in [1.54, 1.807) is 29.8 Å². The van der Waals surface area contributed by atoms with E-state index in [-0.39, 0.29) is 17.8 Å². The summed E-state index contributed by atoms with van der Waals surface area (Å²) in [6.07, 6.45) is 3.25. The number of ether oxygens (including phenoxy) is 2. The Balaban J connectivity index is 1.43. The van der Waals surface area contributed by atoms with Gasteiger partial charge in [0, 0.05) is 24.6 Å². The van der Waals surface area contributed by atoms with Crippen LogP contribution in [0.15, 0.2) is 51.8 Å². The average molecular weight is 473 g/mol. The van der Waals surface area contributed by atoms with Gasteiger partial charge in [-0.2, -0.15) is 5.26 Å². The highest BCUT2D eigenvalue weighted by molar-refractivity contribution is 6.08. The Hall–Kier alpha value is -4.36. The first-order valence-electron chi connectivity index (χ1n) is 11.3. The van der Waals surface area contributed by atoms with E-state index in [2.05, 4.69) is 20.0 Å². The van der Waals surface area contributed by atoms with E-state index < -0.39 is 5.76 Å². The van der Waals surface area contributed by atoms with Crippen LogP contribution in [-0.2, 0) is 11.8 Å². The van der Waals surface area contributed by atoms with Crippen LogP contribution in [0.4, 0.5) is 5.69 Å². The Morgan fingerprint density at radius 1 is 1.31 bits per heavy atom. The molecule has 10 nitrogen and oxygen atoms in total. The van der Waals surface area contributed by atoms with Crippen LogP contribution in [-0.4, -0.2) is 39.9 Å². The molecule has 3 heterocycles. The third-order valence-electron chi connectivity index (χ3n) is 6.04. The van der Waals surface area contributed by atoms with E-state index in [1.807, 2.05) is 24.3 Å². The number of H-pyrrole nitrogens is 1. The number of aryl methyl sites for hydroxylation is 1. The molecule has 0 aliphatic carbocycles. The number of hydrogen-bond donors (Lipinski definition) is 2. The summed E-state index contributed by atoms with van der Waals surface area (Å²) in [5.41, 5.74) is 2.28. The minimum Gasteiger partial charge on any atom is -0.489 e. The van der Waals surface area contributed by atoms with Gasteiger partial charge in [-0.3, -0.25) is 14.3 Å². The van der Waals surface area contributed by atoms with Gasteiger partial charge in [0.15, 0.2) is 5.82 Å². The zero-order chi connectivity index (χ0) is 24.4. The highest BCUT2D eigenvalue weighted by Gasteiger charge is 2.20. The summed E-state index contributed by atoms with van der Waals surface area (Å²) in [7, 11) is 1.80. The van der Waals surface area contributed by atoms with Gasteiger partial charge in [-0.25, -0.2) is 4.79 Å². The van der Waals surface area contributed by atoms with Gasteiger partial charge in [0.05, 0.1) is 28.9 Å². The maximum atomic E-state index is 13.3. The lowest BCUT2D eigenvalue weighted by atomic mass is 10.1. The number of rotatable bonds is 6. The molecule has 5 rings (SSSR count). The van der Waals surface area contributed by atoms with Gasteiger partial charge in [0.25, 0.3) is 5.91 Å². The van der Waals surface area contributed by atoms with Crippen molar-refractivity contribution in [3.05, 3.63) is 64.3 Å². The molecular formula is C25H23N5O5. The van der Waals surface area contributed by atoms with Crippen LogP contribution in [0.25, 0.3) is 22.3 Å². The average Bonchev–Trinajstić information content (AvgIpc) is 3.47. The molecule has 0 bridgehead atoms. The number of aromatic amines is 1. The maximum absolute atomic E-state index is 13.3. The zero-order valence-electron chi connectivity index (χ0n) is 19.0. The smallest absolute Gasteiger partial charge is 0.439 e. The van der Waals surface area contributed by atoms with E-state index >= 15 is 0 Å². The number of fused-ring (bicyclic) bond motifs is 1. The van der Waals surface area contributed by atoms with E-state index in [0.29, 0.717) is 34.9 Å². The van der Waals surface area contributed by atoms with E-state index in [4.69, 9.17) is 9.47 Å². The number of anilines is 1. The van der Waals surface area contributed by atoms with Crippen LogP contribution in [0.1, 0.15) is 35.3 Å². The van der Waals surface area contributed by atoms with Crippen LogP contribution in [0.2, 0.25) is 0 Å². The second-order valence-corrected chi connectivity index (χ2v) is 8.35. The largest absolute Gasteiger partial charge is 0.489 e. The predicted octanol–water partition coefficient (Wildman–Crippen LogP) is 3.59. The van der Waals surface area contributed by atoms with E-state index in [9.17, 15) is 14.9 Å². The number of nitrogens with one attached hydrogen (secondary N) is 2. The first-order chi connectivity index (χ1) is 17.0. The van der Waals surface area contributed by atoms with Crippen molar-refractivity contribution in [1.82, 2.24) is 14.7 Å². The second kappa shape index (κ2) is 9.48. The first-order valence-corrected chi connectivity index (χ1v) is 11.3. The third-order valence-corrected chi connectivity index (χ3v) is 6.04. The van der Waals surface area contributed by atoms with E-state index in [1.165, 1.54) is 6.07 Å². The first kappa shape index (κ1) is 22.4. The van der Waals surface area contributed by atoms with E-state index in [0.717, 1.165) is 36.8 Å². The highest BCUT2D eigenvalue weighted by Crippen LogP contribution is 2.31. The van der Waals surface area contributed by atoms with Crippen molar-refractivity contribution in [3.8, 4) is 23.2 Å². The predicted molar refractivity (Wildman–Crippen MR) is 127 cm³/mol. The molecule has 178 valence electrons. The van der Waals surface area contributed by atoms with Crippen molar-refractivity contribution in [3.63, 3.8) is 0 Å². The minimum absolute atomic E-state index is 0.0693. The number of hydrogen-bond acceptors (Lipinski definition) is 7. The van der Waals surface area contributed by atoms with Gasteiger partial charge in [0.2, 0.25) is 0 Å². The summed E-state index contributed by atoms with van der Waals surface area (Å²) in [6.45, 7) is 1.21. The quantitative estimate of drug-likeness (QED) is 0.437. The van der Waals surface area contributed by atoms with Crippen molar-refractivity contribution < 1.29 is 18.8 Å². The fourth-order valence-electron chi connectivity index (χ4n) is 4.29. The molecule has 2 aromatic heterocycles. The number of amides is 1. The topological polar surface area (TPSA) is 135 Å². The second-order valence-electron chi connectivity index (χ2n) is 8.35. The molecule has 2 aromatic carbocycles. The standard InChI is InChI=1S/C25H23N5O5/c1-30-20(12-16-5-4-7-21(22(16)30)34-14-17-6-2-3-10-33-17)24(31)27-19-9-8-15(13-26)11-18(19)23-28-25(32)35-29-23/h4-5,7-9,11-12,17H,2-3,6,10,14H2,1H3,(H,27,31)(H,28,29,32). The molecule has 35 heavy (non-hydrogen) atoms. The van der Waals surface area contributed by atoms with Crippen LogP contribution < -0.4 is 15.8 Å². The number of carbonyl (C=O) groups is 1. The van der Waals surface area contributed by atoms with Crippen molar-refractivity contribution in [2.45, 2.75) is 25.4 Å². The highest BCUT2D eigenvalue weighted by atomic mass is 16.5. The molecule has 1 unspecified atom stereocenters. The van der Waals surface area contributed by atoms with Crippen molar-refractivity contribution in [2.75, 3.05) is 18.5 Å². The zero-order valence-corrected chi connectivity index (χ0v) is 19.0. The fraction of sp³-hybridized carbons (Fsp3) is 0.280. The molecular weight excluding hydrogens is 450 g/mol. The molecule has 1 aliphatic heterocycles.